The zero-order valence-corrected chi connectivity index (χ0v) is 15.5. The van der Waals surface area contributed by atoms with Gasteiger partial charge in [0.1, 0.15) is 22.2 Å². The lowest BCUT2D eigenvalue weighted by Crippen LogP contribution is -2.14. The molecule has 0 fully saturated rings. The maximum Gasteiger partial charge on any atom is 0.298 e. The number of nitrogens with two attached hydrogens (primary N) is 1. The van der Waals surface area contributed by atoms with Crippen LogP contribution in [0.5, 0.6) is 0 Å². The van der Waals surface area contributed by atoms with Crippen LogP contribution in [0.3, 0.4) is 0 Å². The minimum Gasteiger partial charge on any atom is -0.354 e. The molecule has 1 aromatic heterocycles. The Bertz CT molecular complexity index is 1170. The van der Waals surface area contributed by atoms with Gasteiger partial charge < -0.3 is 4.52 Å². The normalized spacial score (nSPS) is 12.0. The number of alkyl halides is 2. The summed E-state index contributed by atoms with van der Waals surface area (Å²) in [5, 5.41) is 8.45. The molecule has 0 radical (unpaired) electrons. The first-order chi connectivity index (χ1) is 13.0. The van der Waals surface area contributed by atoms with E-state index in [0.717, 1.165) is 11.1 Å². The molecule has 3 aromatic rings. The van der Waals surface area contributed by atoms with Crippen LogP contribution in [0.25, 0.3) is 22.4 Å². The van der Waals surface area contributed by atoms with Gasteiger partial charge in [0.2, 0.25) is 15.8 Å². The van der Waals surface area contributed by atoms with Crippen LogP contribution >= 0.6 is 0 Å². The van der Waals surface area contributed by atoms with Crippen LogP contribution < -0.4 is 5.14 Å². The zero-order chi connectivity index (χ0) is 20.8. The van der Waals surface area contributed by atoms with Crippen molar-refractivity contribution in [3.63, 3.8) is 0 Å². The number of primary sulfonamides is 1. The molecule has 0 aliphatic rings. The van der Waals surface area contributed by atoms with E-state index >= 15 is 0 Å². The van der Waals surface area contributed by atoms with Crippen molar-refractivity contribution < 1.29 is 30.5 Å². The van der Waals surface area contributed by atoms with E-state index in [4.69, 9.17) is 9.66 Å². The van der Waals surface area contributed by atoms with Gasteiger partial charge in [-0.1, -0.05) is 17.3 Å². The molecule has 10 heteroatoms. The minimum atomic E-state index is -4.54. The summed E-state index contributed by atoms with van der Waals surface area (Å²) in [4.78, 5) is -1.09. The highest BCUT2D eigenvalue weighted by Crippen LogP contribution is 2.41. The molecule has 0 spiro atoms. The number of benzene rings is 2. The minimum absolute atomic E-state index is 0.125. The Hall–Kier alpha value is -2.72. The number of aromatic nitrogens is 1. The standard InChI is InChI=1S/C18H14F4N2O3S/c1-8-3-4-10(5-9(8)2)16-15(17(18(21)22)27-24-16)11-6-13(20)14(7-12(11)19)28(23,25)26/h3-7,18H,1-2H3,(H2,23,25,26). The Labute approximate surface area is 157 Å². The van der Waals surface area contributed by atoms with Crippen molar-refractivity contribution in [1.82, 2.24) is 5.16 Å². The van der Waals surface area contributed by atoms with Gasteiger partial charge in [0.15, 0.2) is 0 Å². The van der Waals surface area contributed by atoms with Crippen LogP contribution in [0, 0.1) is 25.5 Å². The molecule has 0 saturated heterocycles. The van der Waals surface area contributed by atoms with Crippen molar-refractivity contribution in [2.24, 2.45) is 5.14 Å². The van der Waals surface area contributed by atoms with Crippen LogP contribution in [0.15, 0.2) is 39.8 Å². The molecule has 0 aliphatic carbocycles. The molecule has 0 aliphatic heterocycles. The van der Waals surface area contributed by atoms with Crippen LogP contribution in [-0.2, 0) is 10.0 Å². The number of hydrogen-bond acceptors (Lipinski definition) is 4. The monoisotopic (exact) mass is 414 g/mol. The van der Waals surface area contributed by atoms with E-state index in [-0.39, 0.29) is 5.69 Å². The van der Waals surface area contributed by atoms with Crippen LogP contribution in [0.4, 0.5) is 17.6 Å². The second-order valence-corrected chi connectivity index (χ2v) is 7.71. The Morgan fingerprint density at radius 3 is 2.29 bits per heavy atom. The van der Waals surface area contributed by atoms with Gasteiger partial charge in [-0.3, -0.25) is 0 Å². The average Bonchev–Trinajstić information content (AvgIpc) is 3.03. The van der Waals surface area contributed by atoms with E-state index in [0.29, 0.717) is 17.7 Å². The number of nitrogens with zero attached hydrogens (tertiary/aromatic N) is 1. The lowest BCUT2D eigenvalue weighted by atomic mass is 9.96. The lowest BCUT2D eigenvalue weighted by molar-refractivity contribution is 0.113. The summed E-state index contributed by atoms with van der Waals surface area (Å²) in [7, 11) is -4.54. The van der Waals surface area contributed by atoms with Crippen molar-refractivity contribution in [3.8, 4) is 22.4 Å². The molecule has 0 unspecified atom stereocenters. The van der Waals surface area contributed by atoms with E-state index < -0.39 is 49.9 Å². The van der Waals surface area contributed by atoms with E-state index in [1.54, 1.807) is 25.1 Å². The molecular formula is C18H14F4N2O3S. The zero-order valence-electron chi connectivity index (χ0n) is 14.6. The van der Waals surface area contributed by atoms with Crippen LogP contribution in [0.2, 0.25) is 0 Å². The number of rotatable bonds is 4. The largest absolute Gasteiger partial charge is 0.354 e. The van der Waals surface area contributed by atoms with Crippen LogP contribution in [0.1, 0.15) is 23.3 Å². The third-order valence-corrected chi connectivity index (χ3v) is 5.22. The van der Waals surface area contributed by atoms with Gasteiger partial charge in [-0.25, -0.2) is 31.1 Å². The second-order valence-electron chi connectivity index (χ2n) is 6.18. The summed E-state index contributed by atoms with van der Waals surface area (Å²) in [6, 6.07) is 5.75. The van der Waals surface area contributed by atoms with E-state index in [2.05, 4.69) is 5.16 Å². The summed E-state index contributed by atoms with van der Waals surface area (Å²) < 4.78 is 83.1. The number of halogens is 4. The molecule has 0 saturated carbocycles. The highest BCUT2D eigenvalue weighted by molar-refractivity contribution is 7.89. The van der Waals surface area contributed by atoms with Gasteiger partial charge in [-0.05, 0) is 43.2 Å². The molecule has 0 amide bonds. The molecule has 2 N–H and O–H groups in total. The fraction of sp³-hybridized carbons (Fsp3) is 0.167. The number of hydrogen-bond donors (Lipinski definition) is 1. The Morgan fingerprint density at radius 1 is 1.04 bits per heavy atom. The Balaban J connectivity index is 2.31. The van der Waals surface area contributed by atoms with Crippen molar-refractivity contribution in [1.29, 1.82) is 0 Å². The maximum atomic E-state index is 14.6. The van der Waals surface area contributed by atoms with Crippen molar-refractivity contribution in [2.75, 3.05) is 0 Å². The molecule has 2 aromatic carbocycles. The van der Waals surface area contributed by atoms with E-state index in [1.165, 1.54) is 0 Å². The average molecular weight is 414 g/mol. The molecule has 3 rings (SSSR count). The summed E-state index contributed by atoms with van der Waals surface area (Å²) in [6.07, 6.45) is -3.16. The Kier molecular flexibility index (Phi) is 5.02. The van der Waals surface area contributed by atoms with Gasteiger partial charge in [-0.15, -0.1) is 0 Å². The van der Waals surface area contributed by atoms with Gasteiger partial charge in [0, 0.05) is 11.1 Å². The van der Waals surface area contributed by atoms with Gasteiger partial charge in [0.25, 0.3) is 6.43 Å². The van der Waals surface area contributed by atoms with Gasteiger partial charge in [-0.2, -0.15) is 0 Å². The molecule has 1 heterocycles. The fourth-order valence-corrected chi connectivity index (χ4v) is 3.33. The maximum absolute atomic E-state index is 14.6. The summed E-state index contributed by atoms with van der Waals surface area (Å²) in [5.74, 6) is -3.61. The molecule has 0 bridgehead atoms. The first-order valence-corrected chi connectivity index (χ1v) is 9.43. The molecule has 0 atom stereocenters. The van der Waals surface area contributed by atoms with E-state index in [9.17, 15) is 26.0 Å². The summed E-state index contributed by atoms with van der Waals surface area (Å²) in [6.45, 7) is 3.63. The SMILES string of the molecule is Cc1ccc(-c2noc(C(F)F)c2-c2cc(F)c(S(N)(=O)=O)cc2F)cc1C. The highest BCUT2D eigenvalue weighted by atomic mass is 32.2. The van der Waals surface area contributed by atoms with Crippen molar-refractivity contribution >= 4 is 10.0 Å². The topological polar surface area (TPSA) is 86.2 Å². The smallest absolute Gasteiger partial charge is 0.298 e. The lowest BCUT2D eigenvalue weighted by Gasteiger charge is -2.09. The highest BCUT2D eigenvalue weighted by Gasteiger charge is 2.29. The first kappa shape index (κ1) is 20.0. The molecule has 28 heavy (non-hydrogen) atoms. The predicted molar refractivity (Wildman–Crippen MR) is 93.1 cm³/mol. The first-order valence-electron chi connectivity index (χ1n) is 7.88. The van der Waals surface area contributed by atoms with E-state index in [1.807, 2.05) is 6.92 Å². The number of sulfonamides is 1. The summed E-state index contributed by atoms with van der Waals surface area (Å²) >= 11 is 0. The molecule has 5 nitrogen and oxygen atoms in total. The predicted octanol–water partition coefficient (Wildman–Crippen LogP) is 4.49. The van der Waals surface area contributed by atoms with Crippen molar-refractivity contribution in [3.05, 3.63) is 58.9 Å². The molecular weight excluding hydrogens is 400 g/mol. The third-order valence-electron chi connectivity index (χ3n) is 4.29. The number of aryl methyl sites for hydroxylation is 2. The third kappa shape index (κ3) is 3.52. The molecule has 148 valence electrons. The van der Waals surface area contributed by atoms with Gasteiger partial charge in [0.05, 0.1) is 5.56 Å². The fourth-order valence-electron chi connectivity index (χ4n) is 2.74. The second kappa shape index (κ2) is 7.02. The Morgan fingerprint density at radius 2 is 1.71 bits per heavy atom. The van der Waals surface area contributed by atoms with Crippen molar-refractivity contribution in [2.45, 2.75) is 25.2 Å². The van der Waals surface area contributed by atoms with Crippen LogP contribution in [-0.4, -0.2) is 13.6 Å². The summed E-state index contributed by atoms with van der Waals surface area (Å²) in [5.41, 5.74) is 0.897. The van der Waals surface area contributed by atoms with Gasteiger partial charge >= 0.3 is 0 Å². The quantitative estimate of drug-likeness (QED) is 0.638.